The first kappa shape index (κ1) is 19.0. The van der Waals surface area contributed by atoms with Crippen LogP contribution in [0.5, 0.6) is 5.75 Å². The van der Waals surface area contributed by atoms with Crippen molar-refractivity contribution in [3.05, 3.63) is 95.6 Å². The molecular weight excluding hydrogens is 384 g/mol. The Morgan fingerprint density at radius 1 is 1.07 bits per heavy atom. The second kappa shape index (κ2) is 8.32. The summed E-state index contributed by atoms with van der Waals surface area (Å²) in [6.45, 7) is 2.26. The molecule has 29 heavy (non-hydrogen) atoms. The highest BCUT2D eigenvalue weighted by molar-refractivity contribution is 7.80. The van der Waals surface area contributed by atoms with E-state index in [9.17, 15) is 4.79 Å². The number of benzene rings is 2. The van der Waals surface area contributed by atoms with Gasteiger partial charge in [-0.05, 0) is 49.0 Å². The first-order valence-corrected chi connectivity index (χ1v) is 9.70. The molecule has 1 aromatic heterocycles. The lowest BCUT2D eigenvalue weighted by Crippen LogP contribution is -2.33. The van der Waals surface area contributed by atoms with E-state index in [1.54, 1.807) is 17.0 Å². The van der Waals surface area contributed by atoms with Gasteiger partial charge < -0.3 is 14.5 Å². The fourth-order valence-electron chi connectivity index (χ4n) is 3.14. The van der Waals surface area contributed by atoms with Gasteiger partial charge in [-0.3, -0.25) is 9.69 Å². The van der Waals surface area contributed by atoms with Crippen molar-refractivity contribution in [2.24, 2.45) is 0 Å². The third kappa shape index (κ3) is 4.22. The summed E-state index contributed by atoms with van der Waals surface area (Å²) in [6, 6.07) is 22.8. The third-order valence-corrected chi connectivity index (χ3v) is 4.97. The van der Waals surface area contributed by atoms with E-state index in [0.717, 1.165) is 11.3 Å². The predicted molar refractivity (Wildman–Crippen MR) is 115 cm³/mol. The quantitative estimate of drug-likeness (QED) is 0.478. The SMILES string of the molecule is CC(c1ccccc1)N1C(=O)/C(=C/c2ccc(COc3ccccc3)o2)NC1=S. The number of furan rings is 1. The molecule has 6 heteroatoms. The smallest absolute Gasteiger partial charge is 0.277 e. The van der Waals surface area contributed by atoms with Crippen LogP contribution in [-0.4, -0.2) is 15.9 Å². The summed E-state index contributed by atoms with van der Waals surface area (Å²) < 4.78 is 11.5. The fraction of sp³-hybridized carbons (Fsp3) is 0.130. The molecule has 2 heterocycles. The summed E-state index contributed by atoms with van der Waals surface area (Å²) >= 11 is 5.39. The van der Waals surface area contributed by atoms with Crippen molar-refractivity contribution in [1.29, 1.82) is 0 Å². The van der Waals surface area contributed by atoms with E-state index in [0.29, 0.717) is 28.9 Å². The maximum atomic E-state index is 12.9. The van der Waals surface area contributed by atoms with E-state index < -0.39 is 0 Å². The first-order chi connectivity index (χ1) is 14.1. The van der Waals surface area contributed by atoms with Crippen LogP contribution in [0.25, 0.3) is 6.08 Å². The number of amides is 1. The van der Waals surface area contributed by atoms with Crippen LogP contribution in [0.15, 0.2) is 82.9 Å². The highest BCUT2D eigenvalue weighted by atomic mass is 32.1. The first-order valence-electron chi connectivity index (χ1n) is 9.29. The Kier molecular flexibility index (Phi) is 5.44. The molecule has 1 saturated heterocycles. The average molecular weight is 404 g/mol. The fourth-order valence-corrected chi connectivity index (χ4v) is 3.50. The highest BCUT2D eigenvalue weighted by Crippen LogP contribution is 2.26. The number of nitrogens with zero attached hydrogens (tertiary/aromatic N) is 1. The minimum Gasteiger partial charge on any atom is -0.486 e. The van der Waals surface area contributed by atoms with Gasteiger partial charge in [0.2, 0.25) is 0 Å². The van der Waals surface area contributed by atoms with Crippen molar-refractivity contribution < 1.29 is 13.9 Å². The summed E-state index contributed by atoms with van der Waals surface area (Å²) in [6.07, 6.45) is 1.67. The minimum absolute atomic E-state index is 0.166. The van der Waals surface area contributed by atoms with Crippen LogP contribution in [0, 0.1) is 0 Å². The summed E-state index contributed by atoms with van der Waals surface area (Å²) in [5, 5.41) is 3.38. The maximum absolute atomic E-state index is 12.9. The zero-order chi connectivity index (χ0) is 20.2. The molecule has 0 aliphatic carbocycles. The van der Waals surface area contributed by atoms with Crippen LogP contribution in [0.2, 0.25) is 0 Å². The van der Waals surface area contributed by atoms with Gasteiger partial charge >= 0.3 is 0 Å². The van der Waals surface area contributed by atoms with Gasteiger partial charge in [0.25, 0.3) is 5.91 Å². The number of hydrogen-bond acceptors (Lipinski definition) is 4. The van der Waals surface area contributed by atoms with Gasteiger partial charge in [0.1, 0.15) is 29.6 Å². The van der Waals surface area contributed by atoms with Crippen LogP contribution >= 0.6 is 12.2 Å². The Morgan fingerprint density at radius 3 is 2.48 bits per heavy atom. The highest BCUT2D eigenvalue weighted by Gasteiger charge is 2.35. The van der Waals surface area contributed by atoms with Gasteiger partial charge in [-0.25, -0.2) is 0 Å². The van der Waals surface area contributed by atoms with Gasteiger partial charge in [-0.1, -0.05) is 48.5 Å². The Bertz CT molecular complexity index is 1040. The molecule has 5 nitrogen and oxygen atoms in total. The maximum Gasteiger partial charge on any atom is 0.277 e. The average Bonchev–Trinajstić information content (AvgIpc) is 3.31. The molecule has 1 amide bonds. The molecule has 0 saturated carbocycles. The van der Waals surface area contributed by atoms with Crippen molar-refractivity contribution in [2.45, 2.75) is 19.6 Å². The lowest BCUT2D eigenvalue weighted by atomic mass is 10.1. The number of para-hydroxylation sites is 1. The van der Waals surface area contributed by atoms with Crippen molar-refractivity contribution in [3.63, 3.8) is 0 Å². The normalized spacial score (nSPS) is 16.2. The van der Waals surface area contributed by atoms with Crippen LogP contribution < -0.4 is 10.1 Å². The lowest BCUT2D eigenvalue weighted by molar-refractivity contribution is -0.123. The van der Waals surface area contributed by atoms with Crippen molar-refractivity contribution in [2.75, 3.05) is 0 Å². The Morgan fingerprint density at radius 2 is 1.76 bits per heavy atom. The second-order valence-electron chi connectivity index (χ2n) is 6.66. The molecule has 1 aliphatic heterocycles. The molecule has 1 aliphatic rings. The number of carbonyl (C=O) groups excluding carboxylic acids is 1. The molecule has 4 rings (SSSR count). The van der Waals surface area contributed by atoms with E-state index in [4.69, 9.17) is 21.4 Å². The van der Waals surface area contributed by atoms with E-state index in [1.165, 1.54) is 0 Å². The van der Waals surface area contributed by atoms with Crippen LogP contribution in [-0.2, 0) is 11.4 Å². The van der Waals surface area contributed by atoms with Gasteiger partial charge in [-0.2, -0.15) is 0 Å². The molecule has 1 unspecified atom stereocenters. The molecule has 146 valence electrons. The monoisotopic (exact) mass is 404 g/mol. The minimum atomic E-state index is -0.176. The van der Waals surface area contributed by atoms with Gasteiger partial charge in [-0.15, -0.1) is 0 Å². The van der Waals surface area contributed by atoms with Gasteiger partial charge in [0, 0.05) is 6.08 Å². The largest absolute Gasteiger partial charge is 0.486 e. The van der Waals surface area contributed by atoms with Crippen LogP contribution in [0.4, 0.5) is 0 Å². The number of nitrogens with one attached hydrogen (secondary N) is 1. The number of thiocarbonyl (C=S) groups is 1. The second-order valence-corrected chi connectivity index (χ2v) is 7.04. The van der Waals surface area contributed by atoms with Crippen molar-refractivity contribution in [3.8, 4) is 5.75 Å². The number of ether oxygens (including phenoxy) is 1. The Labute approximate surface area is 174 Å². The molecule has 3 aromatic rings. The van der Waals surface area contributed by atoms with Crippen molar-refractivity contribution in [1.82, 2.24) is 10.2 Å². The third-order valence-electron chi connectivity index (χ3n) is 4.67. The van der Waals surface area contributed by atoms with E-state index >= 15 is 0 Å². The summed E-state index contributed by atoms with van der Waals surface area (Å²) in [7, 11) is 0. The Balaban J connectivity index is 1.45. The molecule has 0 bridgehead atoms. The molecular formula is C23H20N2O3S. The Hall–Kier alpha value is -3.38. The molecule has 1 atom stereocenters. The zero-order valence-electron chi connectivity index (χ0n) is 15.9. The van der Waals surface area contributed by atoms with E-state index in [2.05, 4.69) is 5.32 Å². The number of carbonyl (C=O) groups is 1. The van der Waals surface area contributed by atoms with Gasteiger partial charge in [0.05, 0.1) is 6.04 Å². The lowest BCUT2D eigenvalue weighted by Gasteiger charge is -2.23. The van der Waals surface area contributed by atoms with E-state index in [1.807, 2.05) is 73.7 Å². The summed E-state index contributed by atoms with van der Waals surface area (Å²) in [5.74, 6) is 1.82. The standard InChI is InChI=1S/C23H20N2O3S/c1-16(17-8-4-2-5-9-17)25-22(26)21(24-23(25)29)14-19-12-13-20(28-19)15-27-18-10-6-3-7-11-18/h2-14,16H,15H2,1H3,(H,24,29)/b21-14-. The molecule has 1 N–H and O–H groups in total. The van der Waals surface area contributed by atoms with E-state index in [-0.39, 0.29) is 11.9 Å². The molecule has 2 aromatic carbocycles. The molecule has 1 fully saturated rings. The number of hydrogen-bond donors (Lipinski definition) is 1. The van der Waals surface area contributed by atoms with Crippen LogP contribution in [0.3, 0.4) is 0 Å². The van der Waals surface area contributed by atoms with Gasteiger partial charge in [0.15, 0.2) is 5.11 Å². The van der Waals surface area contributed by atoms with Crippen LogP contribution in [0.1, 0.15) is 30.0 Å². The molecule has 0 spiro atoms. The zero-order valence-corrected chi connectivity index (χ0v) is 16.7. The topological polar surface area (TPSA) is 54.7 Å². The van der Waals surface area contributed by atoms with Crippen molar-refractivity contribution >= 4 is 29.3 Å². The number of rotatable bonds is 6. The predicted octanol–water partition coefficient (Wildman–Crippen LogP) is 4.68. The molecule has 0 radical (unpaired) electrons. The summed E-state index contributed by atoms with van der Waals surface area (Å²) in [4.78, 5) is 14.5. The summed E-state index contributed by atoms with van der Waals surface area (Å²) in [5.41, 5.74) is 1.41.